The number of amidine groups is 1. The Balaban J connectivity index is 1.80. The third-order valence-electron chi connectivity index (χ3n) is 5.00. The molecule has 1 unspecified atom stereocenters. The van der Waals surface area contributed by atoms with Gasteiger partial charge in [0.15, 0.2) is 0 Å². The van der Waals surface area contributed by atoms with Crippen LogP contribution < -0.4 is 15.4 Å². The molecule has 0 radical (unpaired) electrons. The average Bonchev–Trinajstić information content (AvgIpc) is 2.73. The number of nitrogens with one attached hydrogen (secondary N) is 2. The molecule has 0 bridgehead atoms. The van der Waals surface area contributed by atoms with Crippen LogP contribution in [0, 0.1) is 6.92 Å². The largest absolute Gasteiger partial charge is 0.496 e. The van der Waals surface area contributed by atoms with Crippen LogP contribution in [-0.2, 0) is 0 Å². The second-order valence-electron chi connectivity index (χ2n) is 6.72. The topological polar surface area (TPSA) is 58.0 Å². The number of methoxy groups -OCH3 is 1. The Morgan fingerprint density at radius 3 is 2.74 bits per heavy atom. The summed E-state index contributed by atoms with van der Waals surface area (Å²) in [5.74, 6) is 1.76. The van der Waals surface area contributed by atoms with E-state index in [4.69, 9.17) is 9.73 Å². The first-order chi connectivity index (χ1) is 13.2. The van der Waals surface area contributed by atoms with Crippen LogP contribution >= 0.6 is 0 Å². The summed E-state index contributed by atoms with van der Waals surface area (Å²) in [6, 6.07) is 12.5. The van der Waals surface area contributed by atoms with Gasteiger partial charge in [-0.1, -0.05) is 24.3 Å². The van der Waals surface area contributed by atoms with Crippen LogP contribution in [0.1, 0.15) is 17.5 Å². The van der Waals surface area contributed by atoms with Gasteiger partial charge in [-0.3, -0.25) is 4.99 Å². The number of benzene rings is 2. The number of anilines is 1. The van der Waals surface area contributed by atoms with Crippen molar-refractivity contribution in [1.29, 1.82) is 0 Å². The van der Waals surface area contributed by atoms with Crippen molar-refractivity contribution in [2.75, 3.05) is 26.0 Å². The Kier molecular flexibility index (Phi) is 4.67. The molecule has 0 fully saturated rings. The average molecular weight is 360 g/mol. The summed E-state index contributed by atoms with van der Waals surface area (Å²) < 4.78 is 5.57. The van der Waals surface area contributed by atoms with Crippen molar-refractivity contribution in [3.63, 3.8) is 0 Å². The van der Waals surface area contributed by atoms with E-state index in [-0.39, 0.29) is 6.17 Å². The SMILES string of the molecule is CNC1=NC(C2=CCCN=C2)Nc2cc(-c3ccccc3OC)c(C)cc21. The fraction of sp³-hybridized carbons (Fsp3) is 0.273. The number of aliphatic imine (C=N–C) groups is 2. The number of dihydropyridines is 1. The van der Waals surface area contributed by atoms with Gasteiger partial charge in [-0.2, -0.15) is 0 Å². The van der Waals surface area contributed by atoms with Crippen LogP contribution in [0.25, 0.3) is 11.1 Å². The molecular weight excluding hydrogens is 336 g/mol. The van der Waals surface area contributed by atoms with Crippen LogP contribution in [0.4, 0.5) is 5.69 Å². The van der Waals surface area contributed by atoms with Crippen LogP contribution in [0.15, 0.2) is 58.0 Å². The van der Waals surface area contributed by atoms with Crippen molar-refractivity contribution in [2.45, 2.75) is 19.5 Å². The van der Waals surface area contributed by atoms with Crippen LogP contribution in [-0.4, -0.2) is 38.9 Å². The van der Waals surface area contributed by atoms with E-state index in [2.05, 4.69) is 46.8 Å². The monoisotopic (exact) mass is 360 g/mol. The number of nitrogens with zero attached hydrogens (tertiary/aromatic N) is 2. The highest BCUT2D eigenvalue weighted by Gasteiger charge is 2.24. The maximum Gasteiger partial charge on any atom is 0.148 e. The lowest BCUT2D eigenvalue weighted by atomic mass is 9.94. The number of ether oxygens (including phenoxy) is 1. The summed E-state index contributed by atoms with van der Waals surface area (Å²) in [7, 11) is 3.62. The predicted molar refractivity (Wildman–Crippen MR) is 112 cm³/mol. The first-order valence-corrected chi connectivity index (χ1v) is 9.21. The molecule has 5 nitrogen and oxygen atoms in total. The second kappa shape index (κ2) is 7.27. The zero-order chi connectivity index (χ0) is 18.8. The van der Waals surface area contributed by atoms with Gasteiger partial charge in [0, 0.05) is 42.2 Å². The fourth-order valence-corrected chi connectivity index (χ4v) is 3.63. The smallest absolute Gasteiger partial charge is 0.148 e. The molecule has 0 amide bonds. The van der Waals surface area contributed by atoms with Gasteiger partial charge in [0.2, 0.25) is 0 Å². The molecule has 2 aliphatic rings. The van der Waals surface area contributed by atoms with Gasteiger partial charge in [0.1, 0.15) is 17.8 Å². The summed E-state index contributed by atoms with van der Waals surface area (Å²) in [4.78, 5) is 9.26. The third kappa shape index (κ3) is 3.21. The normalized spacial score (nSPS) is 18.1. The summed E-state index contributed by atoms with van der Waals surface area (Å²) >= 11 is 0. The van der Waals surface area contributed by atoms with E-state index in [1.807, 2.05) is 31.5 Å². The second-order valence-corrected chi connectivity index (χ2v) is 6.72. The highest BCUT2D eigenvalue weighted by atomic mass is 16.5. The molecule has 2 aromatic carbocycles. The number of rotatable bonds is 3. The zero-order valence-corrected chi connectivity index (χ0v) is 15.9. The molecule has 0 aromatic heterocycles. The first kappa shape index (κ1) is 17.3. The summed E-state index contributed by atoms with van der Waals surface area (Å²) in [5, 5.41) is 6.83. The Bertz CT molecular complexity index is 959. The summed E-state index contributed by atoms with van der Waals surface area (Å²) in [6.07, 6.45) is 4.97. The molecule has 0 saturated carbocycles. The quantitative estimate of drug-likeness (QED) is 0.876. The van der Waals surface area contributed by atoms with Crippen LogP contribution in [0.2, 0.25) is 0 Å². The maximum atomic E-state index is 5.57. The summed E-state index contributed by atoms with van der Waals surface area (Å²) in [6.45, 7) is 2.98. The van der Waals surface area contributed by atoms with Gasteiger partial charge in [-0.15, -0.1) is 0 Å². The molecule has 4 rings (SSSR count). The molecule has 27 heavy (non-hydrogen) atoms. The van der Waals surface area contributed by atoms with Gasteiger partial charge in [0.05, 0.1) is 7.11 Å². The van der Waals surface area contributed by atoms with E-state index in [9.17, 15) is 0 Å². The lowest BCUT2D eigenvalue weighted by Crippen LogP contribution is -2.34. The molecule has 2 heterocycles. The highest BCUT2D eigenvalue weighted by Crippen LogP contribution is 2.37. The Labute approximate surface area is 159 Å². The molecular formula is C22H24N4O. The molecule has 138 valence electrons. The van der Waals surface area contributed by atoms with Gasteiger partial charge in [-0.25, -0.2) is 4.99 Å². The lowest BCUT2D eigenvalue weighted by molar-refractivity contribution is 0.416. The minimum atomic E-state index is -0.128. The van der Waals surface area contributed by atoms with Crippen molar-refractivity contribution in [3.8, 4) is 16.9 Å². The Hall–Kier alpha value is -3.08. The zero-order valence-electron chi connectivity index (χ0n) is 15.9. The molecule has 1 atom stereocenters. The Morgan fingerprint density at radius 1 is 1.15 bits per heavy atom. The minimum absolute atomic E-state index is 0.128. The summed E-state index contributed by atoms with van der Waals surface area (Å²) in [5.41, 5.74) is 6.68. The molecule has 2 aromatic rings. The van der Waals surface area contributed by atoms with Crippen LogP contribution in [0.3, 0.4) is 0 Å². The molecule has 0 aliphatic carbocycles. The van der Waals surface area contributed by atoms with Crippen molar-refractivity contribution < 1.29 is 4.74 Å². The maximum absolute atomic E-state index is 5.57. The lowest BCUT2D eigenvalue weighted by Gasteiger charge is -2.28. The Morgan fingerprint density at radius 2 is 2.00 bits per heavy atom. The molecule has 0 saturated heterocycles. The van der Waals surface area contributed by atoms with Crippen molar-refractivity contribution in [2.24, 2.45) is 9.98 Å². The van der Waals surface area contributed by atoms with E-state index >= 15 is 0 Å². The first-order valence-electron chi connectivity index (χ1n) is 9.21. The van der Waals surface area contributed by atoms with Crippen molar-refractivity contribution in [3.05, 3.63) is 59.2 Å². The van der Waals surface area contributed by atoms with Crippen molar-refractivity contribution in [1.82, 2.24) is 5.32 Å². The number of para-hydroxylation sites is 1. The molecule has 2 N–H and O–H groups in total. The van der Waals surface area contributed by atoms with Gasteiger partial charge in [-0.05, 0) is 42.7 Å². The van der Waals surface area contributed by atoms with E-state index in [1.54, 1.807) is 7.11 Å². The minimum Gasteiger partial charge on any atom is -0.496 e. The molecule has 5 heteroatoms. The van der Waals surface area contributed by atoms with Gasteiger partial charge < -0.3 is 15.4 Å². The number of hydrogen-bond donors (Lipinski definition) is 2. The standard InChI is InChI=1S/C22H24N4O/c1-14-11-18-19(12-17(14)16-8-4-5-9-20(16)27-3)25-21(26-22(18)23-2)15-7-6-10-24-13-15/h4-5,7-9,11-13,21,25H,6,10H2,1-3H3,(H,23,26). The third-order valence-corrected chi connectivity index (χ3v) is 5.00. The van der Waals surface area contributed by atoms with E-state index < -0.39 is 0 Å². The molecule has 0 spiro atoms. The van der Waals surface area contributed by atoms with Crippen molar-refractivity contribution >= 4 is 17.7 Å². The van der Waals surface area contributed by atoms with E-state index in [0.29, 0.717) is 0 Å². The highest BCUT2D eigenvalue weighted by molar-refractivity contribution is 6.06. The molecule has 2 aliphatic heterocycles. The number of hydrogen-bond acceptors (Lipinski definition) is 5. The number of aryl methyl sites for hydroxylation is 1. The van der Waals surface area contributed by atoms with E-state index in [1.165, 1.54) is 5.56 Å². The van der Waals surface area contributed by atoms with Gasteiger partial charge >= 0.3 is 0 Å². The fourth-order valence-electron chi connectivity index (χ4n) is 3.63. The van der Waals surface area contributed by atoms with Crippen LogP contribution in [0.5, 0.6) is 5.75 Å². The number of fused-ring (bicyclic) bond motifs is 1. The van der Waals surface area contributed by atoms with E-state index in [0.717, 1.165) is 52.5 Å². The predicted octanol–water partition coefficient (Wildman–Crippen LogP) is 3.79. The van der Waals surface area contributed by atoms with Gasteiger partial charge in [0.25, 0.3) is 0 Å².